The molecule has 2 aliphatic carbocycles. The van der Waals surface area contributed by atoms with Crippen LogP contribution < -0.4 is 0 Å². The van der Waals surface area contributed by atoms with Gasteiger partial charge in [-0.15, -0.1) is 0 Å². The summed E-state index contributed by atoms with van der Waals surface area (Å²) in [6.45, 7) is 8.51. The van der Waals surface area contributed by atoms with Crippen molar-refractivity contribution in [2.24, 2.45) is 17.8 Å². The number of ether oxygens (including phenoxy) is 1. The maximum atomic E-state index is 12.1. The molecule has 2 heterocycles. The second-order valence-electron chi connectivity index (χ2n) is 8.12. The van der Waals surface area contributed by atoms with Crippen molar-refractivity contribution in [2.75, 3.05) is 13.1 Å². The molecule has 3 aliphatic rings. The molecule has 3 fully saturated rings. The summed E-state index contributed by atoms with van der Waals surface area (Å²) < 4.78 is 7.81. The van der Waals surface area contributed by atoms with E-state index in [1.54, 1.807) is 0 Å². The molecule has 1 unspecified atom stereocenters. The first-order chi connectivity index (χ1) is 10.4. The molecule has 1 aromatic heterocycles. The third-order valence-electron chi connectivity index (χ3n) is 5.04. The van der Waals surface area contributed by atoms with Crippen LogP contribution in [0.3, 0.4) is 0 Å². The fourth-order valence-electron chi connectivity index (χ4n) is 3.74. The molecular weight excluding hydrogens is 278 g/mol. The van der Waals surface area contributed by atoms with Gasteiger partial charge in [-0.05, 0) is 51.4 Å². The fourth-order valence-corrected chi connectivity index (χ4v) is 3.74. The lowest BCUT2D eigenvalue weighted by atomic mass is 10.2. The van der Waals surface area contributed by atoms with E-state index in [2.05, 4.69) is 15.7 Å². The van der Waals surface area contributed by atoms with Gasteiger partial charge in [-0.3, -0.25) is 0 Å². The first-order valence-electron chi connectivity index (χ1n) is 8.41. The normalized spacial score (nSPS) is 30.3. The summed E-state index contributed by atoms with van der Waals surface area (Å²) in [5.41, 5.74) is -0.413. The average Bonchev–Trinajstić information content (AvgIpc) is 3.24. The number of nitrogens with zero attached hydrogens (tertiary/aromatic N) is 3. The minimum Gasteiger partial charge on any atom is -0.444 e. The molecule has 1 saturated heterocycles. The van der Waals surface area contributed by atoms with Crippen molar-refractivity contribution < 1.29 is 9.53 Å². The van der Waals surface area contributed by atoms with Gasteiger partial charge in [0.15, 0.2) is 0 Å². The van der Waals surface area contributed by atoms with Gasteiger partial charge in [0.2, 0.25) is 0 Å². The van der Waals surface area contributed by atoms with Gasteiger partial charge < -0.3 is 14.2 Å². The van der Waals surface area contributed by atoms with Crippen molar-refractivity contribution in [3.8, 4) is 0 Å². The number of rotatable bonds is 3. The third-order valence-corrected chi connectivity index (χ3v) is 5.04. The number of carbonyl (C=O) groups excluding carboxylic acids is 1. The summed E-state index contributed by atoms with van der Waals surface area (Å²) >= 11 is 0. The number of amides is 1. The summed E-state index contributed by atoms with van der Waals surface area (Å²) in [6, 6.07) is 0. The average molecular weight is 303 g/mol. The zero-order valence-electron chi connectivity index (χ0n) is 13.7. The quantitative estimate of drug-likeness (QED) is 0.862. The maximum absolute atomic E-state index is 12.1. The van der Waals surface area contributed by atoms with Crippen LogP contribution in [0, 0.1) is 17.8 Å². The van der Waals surface area contributed by atoms with Gasteiger partial charge >= 0.3 is 6.09 Å². The number of aromatic nitrogens is 2. The SMILES string of the molecule is CC(C)(C)OC(=O)N1C[C@@H]2C(c3nccn3CC3CC3)[C@@H]2C1. The molecule has 4 rings (SSSR count). The molecule has 0 radical (unpaired) electrons. The van der Waals surface area contributed by atoms with Gasteiger partial charge in [-0.2, -0.15) is 0 Å². The Bertz CT molecular complexity index is 573. The molecule has 0 aromatic carbocycles. The predicted octanol–water partition coefficient (Wildman–Crippen LogP) is 2.87. The van der Waals surface area contributed by atoms with Crippen LogP contribution in [0.2, 0.25) is 0 Å². The molecule has 120 valence electrons. The zero-order valence-corrected chi connectivity index (χ0v) is 13.7. The number of likely N-dealkylation sites (tertiary alicyclic amines) is 1. The largest absolute Gasteiger partial charge is 0.444 e. The molecular formula is C17H25N3O2. The van der Waals surface area contributed by atoms with E-state index in [-0.39, 0.29) is 6.09 Å². The molecule has 1 amide bonds. The van der Waals surface area contributed by atoms with Crippen molar-refractivity contribution in [3.63, 3.8) is 0 Å². The van der Waals surface area contributed by atoms with Crippen molar-refractivity contribution >= 4 is 6.09 Å². The van der Waals surface area contributed by atoms with Crippen LogP contribution in [0.4, 0.5) is 4.79 Å². The van der Waals surface area contributed by atoms with Crippen LogP contribution in [0.1, 0.15) is 45.4 Å². The van der Waals surface area contributed by atoms with Crippen molar-refractivity contribution in [1.29, 1.82) is 0 Å². The summed E-state index contributed by atoms with van der Waals surface area (Å²) in [4.78, 5) is 18.6. The number of carbonyl (C=O) groups is 1. The summed E-state index contributed by atoms with van der Waals surface area (Å²) in [5.74, 6) is 3.81. The van der Waals surface area contributed by atoms with E-state index in [1.807, 2.05) is 31.9 Å². The van der Waals surface area contributed by atoms with E-state index in [0.717, 1.165) is 25.6 Å². The molecule has 2 saturated carbocycles. The van der Waals surface area contributed by atoms with Gasteiger partial charge in [-0.1, -0.05) is 0 Å². The van der Waals surface area contributed by atoms with Gasteiger partial charge in [0.25, 0.3) is 0 Å². The predicted molar refractivity (Wildman–Crippen MR) is 82.5 cm³/mol. The van der Waals surface area contributed by atoms with Crippen LogP contribution in [0.25, 0.3) is 0 Å². The number of hydrogen-bond donors (Lipinski definition) is 0. The molecule has 5 nitrogen and oxygen atoms in total. The molecule has 0 spiro atoms. The third kappa shape index (κ3) is 2.61. The highest BCUT2D eigenvalue weighted by molar-refractivity contribution is 5.69. The lowest BCUT2D eigenvalue weighted by molar-refractivity contribution is 0.0270. The monoisotopic (exact) mass is 303 g/mol. The first-order valence-corrected chi connectivity index (χ1v) is 8.41. The summed E-state index contributed by atoms with van der Waals surface area (Å²) in [5, 5.41) is 0. The number of hydrogen-bond acceptors (Lipinski definition) is 3. The van der Waals surface area contributed by atoms with E-state index in [0.29, 0.717) is 17.8 Å². The van der Waals surface area contributed by atoms with Crippen LogP contribution >= 0.6 is 0 Å². The van der Waals surface area contributed by atoms with Gasteiger partial charge in [0.1, 0.15) is 11.4 Å². The van der Waals surface area contributed by atoms with E-state index in [1.165, 1.54) is 18.7 Å². The Labute approximate surface area is 131 Å². The van der Waals surface area contributed by atoms with Crippen molar-refractivity contribution in [2.45, 2.75) is 51.7 Å². The highest BCUT2D eigenvalue weighted by Crippen LogP contribution is 2.58. The van der Waals surface area contributed by atoms with Gasteiger partial charge in [0.05, 0.1) is 0 Å². The Kier molecular flexibility index (Phi) is 3.03. The summed E-state index contributed by atoms with van der Waals surface area (Å²) in [7, 11) is 0. The topological polar surface area (TPSA) is 47.4 Å². The molecule has 1 aliphatic heterocycles. The first kappa shape index (κ1) is 14.1. The second-order valence-corrected chi connectivity index (χ2v) is 8.12. The van der Waals surface area contributed by atoms with Gasteiger partial charge in [-0.25, -0.2) is 9.78 Å². The molecule has 0 bridgehead atoms. The number of fused-ring (bicyclic) bond motifs is 1. The number of imidazole rings is 1. The Hall–Kier alpha value is -1.52. The van der Waals surface area contributed by atoms with Crippen LogP contribution in [-0.2, 0) is 11.3 Å². The fraction of sp³-hybridized carbons (Fsp3) is 0.765. The molecule has 0 N–H and O–H groups in total. The zero-order chi connectivity index (χ0) is 15.5. The lowest BCUT2D eigenvalue weighted by Gasteiger charge is -2.26. The highest BCUT2D eigenvalue weighted by Gasteiger charge is 2.59. The van der Waals surface area contributed by atoms with E-state index >= 15 is 0 Å². The minimum absolute atomic E-state index is 0.167. The Balaban J connectivity index is 1.36. The van der Waals surface area contributed by atoms with Crippen LogP contribution in [0.15, 0.2) is 12.4 Å². The Morgan fingerprint density at radius 1 is 1.32 bits per heavy atom. The van der Waals surface area contributed by atoms with Crippen molar-refractivity contribution in [3.05, 3.63) is 18.2 Å². The van der Waals surface area contributed by atoms with Crippen LogP contribution in [0.5, 0.6) is 0 Å². The molecule has 1 aromatic rings. The number of piperidine rings is 1. The van der Waals surface area contributed by atoms with E-state index in [4.69, 9.17) is 4.74 Å². The summed E-state index contributed by atoms with van der Waals surface area (Å²) in [6.07, 6.45) is 6.60. The Morgan fingerprint density at radius 3 is 2.59 bits per heavy atom. The van der Waals surface area contributed by atoms with E-state index in [9.17, 15) is 4.79 Å². The standard InChI is InChI=1S/C17H25N3O2/c1-17(2,3)22-16(21)20-9-12-13(10-20)14(12)15-18-6-7-19(15)8-11-4-5-11/h6-7,11-14H,4-5,8-10H2,1-3H3/t12-,13+,14?. The Morgan fingerprint density at radius 2 is 2.00 bits per heavy atom. The van der Waals surface area contributed by atoms with Crippen molar-refractivity contribution in [1.82, 2.24) is 14.5 Å². The minimum atomic E-state index is -0.413. The molecule has 5 heteroatoms. The van der Waals surface area contributed by atoms with Crippen LogP contribution in [-0.4, -0.2) is 39.2 Å². The molecule has 3 atom stereocenters. The van der Waals surface area contributed by atoms with Gasteiger partial charge in [0, 0.05) is 37.9 Å². The smallest absolute Gasteiger partial charge is 0.410 e. The molecule has 22 heavy (non-hydrogen) atoms. The lowest BCUT2D eigenvalue weighted by Crippen LogP contribution is -2.37. The maximum Gasteiger partial charge on any atom is 0.410 e. The highest BCUT2D eigenvalue weighted by atomic mass is 16.6. The second kappa shape index (κ2) is 4.74. The van der Waals surface area contributed by atoms with E-state index < -0.39 is 5.60 Å².